The van der Waals surface area contributed by atoms with E-state index in [1.807, 2.05) is 18.2 Å². The number of para-hydroxylation sites is 1. The first-order valence-electron chi connectivity index (χ1n) is 6.62. The molecule has 3 rings (SSSR count). The molecule has 0 unspecified atom stereocenters. The molecule has 0 atom stereocenters. The van der Waals surface area contributed by atoms with Crippen LogP contribution in [0.3, 0.4) is 0 Å². The minimum Gasteiger partial charge on any atom is -0.457 e. The number of halogens is 1. The van der Waals surface area contributed by atoms with Gasteiger partial charge in [-0.2, -0.15) is 5.26 Å². The topological polar surface area (TPSA) is 71.1 Å². The molecule has 0 aliphatic carbocycles. The van der Waals surface area contributed by atoms with Gasteiger partial charge in [-0.1, -0.05) is 34.1 Å². The number of furan rings is 1. The van der Waals surface area contributed by atoms with Crippen molar-refractivity contribution in [1.82, 2.24) is 0 Å². The zero-order chi connectivity index (χ0) is 16.4. The summed E-state index contributed by atoms with van der Waals surface area (Å²) >= 11 is 3.25. The molecule has 0 fully saturated rings. The molecular weight excluding hydrogens is 378 g/mol. The predicted molar refractivity (Wildman–Crippen MR) is 91.1 cm³/mol. The summed E-state index contributed by atoms with van der Waals surface area (Å²) in [5.41, 5.74) is 0.636. The van der Waals surface area contributed by atoms with E-state index in [0.717, 1.165) is 9.86 Å². The number of hydrogen-bond donors (Lipinski definition) is 0. The highest BCUT2D eigenvalue weighted by Crippen LogP contribution is 2.25. The van der Waals surface area contributed by atoms with Crippen molar-refractivity contribution in [3.05, 3.63) is 69.7 Å². The number of benzene rings is 2. The lowest BCUT2D eigenvalue weighted by Crippen LogP contribution is -2.03. The van der Waals surface area contributed by atoms with Crippen molar-refractivity contribution < 1.29 is 12.8 Å². The third-order valence-corrected chi connectivity index (χ3v) is 5.45. The highest BCUT2D eigenvalue weighted by molar-refractivity contribution is 9.10. The van der Waals surface area contributed by atoms with Crippen LogP contribution in [0.25, 0.3) is 17.0 Å². The molecule has 114 valence electrons. The molecule has 0 saturated heterocycles. The molecule has 3 aromatic rings. The number of nitrogens with zero attached hydrogens (tertiary/aromatic N) is 1. The Morgan fingerprint density at radius 1 is 1.13 bits per heavy atom. The van der Waals surface area contributed by atoms with Crippen molar-refractivity contribution in [1.29, 1.82) is 5.26 Å². The minimum absolute atomic E-state index is 0.0598. The van der Waals surface area contributed by atoms with Crippen molar-refractivity contribution in [2.24, 2.45) is 0 Å². The highest BCUT2D eigenvalue weighted by atomic mass is 79.9. The van der Waals surface area contributed by atoms with E-state index in [1.165, 1.54) is 18.2 Å². The molecule has 0 spiro atoms. The van der Waals surface area contributed by atoms with E-state index in [0.29, 0.717) is 11.3 Å². The SMILES string of the molecule is N#C/C(=C\c1cc2ccccc2o1)S(=O)(=O)c1ccc(Br)cc1. The van der Waals surface area contributed by atoms with E-state index in [9.17, 15) is 13.7 Å². The summed E-state index contributed by atoms with van der Waals surface area (Å²) < 4.78 is 31.4. The lowest BCUT2D eigenvalue weighted by Gasteiger charge is -2.02. The van der Waals surface area contributed by atoms with Crippen molar-refractivity contribution in [3.63, 3.8) is 0 Å². The molecule has 0 N–H and O–H groups in total. The molecule has 0 aliphatic rings. The maximum absolute atomic E-state index is 12.5. The molecule has 0 saturated carbocycles. The standard InChI is InChI=1S/C17H10BrNO3S/c18-13-5-7-15(8-6-13)23(20,21)16(11-19)10-14-9-12-3-1-2-4-17(12)22-14/h1-10H/b16-10+. The van der Waals surface area contributed by atoms with Gasteiger partial charge >= 0.3 is 0 Å². The van der Waals surface area contributed by atoms with Gasteiger partial charge < -0.3 is 4.42 Å². The number of rotatable bonds is 3. The van der Waals surface area contributed by atoms with Gasteiger partial charge in [-0.3, -0.25) is 0 Å². The first kappa shape index (κ1) is 15.5. The van der Waals surface area contributed by atoms with Gasteiger partial charge in [0.2, 0.25) is 9.84 Å². The monoisotopic (exact) mass is 387 g/mol. The Morgan fingerprint density at radius 2 is 1.83 bits per heavy atom. The van der Waals surface area contributed by atoms with Crippen LogP contribution in [0.1, 0.15) is 5.76 Å². The zero-order valence-electron chi connectivity index (χ0n) is 11.7. The Morgan fingerprint density at radius 3 is 2.48 bits per heavy atom. The maximum Gasteiger partial charge on any atom is 0.216 e. The van der Waals surface area contributed by atoms with Crippen LogP contribution in [-0.2, 0) is 9.84 Å². The lowest BCUT2D eigenvalue weighted by molar-refractivity contribution is 0.599. The summed E-state index contributed by atoms with van der Waals surface area (Å²) in [6.45, 7) is 0. The average Bonchev–Trinajstić information content (AvgIpc) is 2.95. The average molecular weight is 388 g/mol. The Bertz CT molecular complexity index is 1010. The largest absolute Gasteiger partial charge is 0.457 e. The Labute approximate surface area is 141 Å². The van der Waals surface area contributed by atoms with E-state index in [-0.39, 0.29) is 9.80 Å². The molecule has 1 heterocycles. The number of sulfone groups is 1. The van der Waals surface area contributed by atoms with E-state index in [2.05, 4.69) is 15.9 Å². The van der Waals surface area contributed by atoms with Gasteiger partial charge in [-0.05, 0) is 36.4 Å². The van der Waals surface area contributed by atoms with Crippen LogP contribution < -0.4 is 0 Å². The zero-order valence-corrected chi connectivity index (χ0v) is 14.1. The Balaban J connectivity index is 2.07. The Kier molecular flexibility index (Phi) is 4.07. The second-order valence-electron chi connectivity index (χ2n) is 4.76. The van der Waals surface area contributed by atoms with Crippen LogP contribution in [0.4, 0.5) is 0 Å². The van der Waals surface area contributed by atoms with Gasteiger partial charge in [0.05, 0.1) is 4.90 Å². The summed E-state index contributed by atoms with van der Waals surface area (Å²) in [4.78, 5) is -0.302. The smallest absolute Gasteiger partial charge is 0.216 e. The molecule has 2 aromatic carbocycles. The third kappa shape index (κ3) is 3.07. The second kappa shape index (κ2) is 6.03. The van der Waals surface area contributed by atoms with Crippen LogP contribution in [-0.4, -0.2) is 8.42 Å². The summed E-state index contributed by atoms with van der Waals surface area (Å²) in [5.74, 6) is 0.323. The second-order valence-corrected chi connectivity index (χ2v) is 7.60. The highest BCUT2D eigenvalue weighted by Gasteiger charge is 2.21. The first-order valence-corrected chi connectivity index (χ1v) is 8.89. The Hall–Kier alpha value is -2.36. The summed E-state index contributed by atoms with van der Waals surface area (Å²) in [6.07, 6.45) is 1.25. The molecule has 0 radical (unpaired) electrons. The van der Waals surface area contributed by atoms with Crippen molar-refractivity contribution in [2.45, 2.75) is 4.90 Å². The van der Waals surface area contributed by atoms with E-state index in [1.54, 1.807) is 30.3 Å². The summed E-state index contributed by atoms with van der Waals surface area (Å²) in [7, 11) is -3.88. The number of nitriles is 1. The number of fused-ring (bicyclic) bond motifs is 1. The number of hydrogen-bond acceptors (Lipinski definition) is 4. The van der Waals surface area contributed by atoms with Gasteiger partial charge in [0.1, 0.15) is 17.4 Å². The van der Waals surface area contributed by atoms with Gasteiger partial charge in [0.15, 0.2) is 4.91 Å². The molecule has 23 heavy (non-hydrogen) atoms. The molecule has 0 aliphatic heterocycles. The van der Waals surface area contributed by atoms with Crippen molar-refractivity contribution >= 4 is 42.8 Å². The molecular formula is C17H10BrNO3S. The fourth-order valence-corrected chi connectivity index (χ4v) is 3.52. The van der Waals surface area contributed by atoms with Gasteiger partial charge in [-0.25, -0.2) is 8.42 Å². The van der Waals surface area contributed by atoms with Crippen LogP contribution >= 0.6 is 15.9 Å². The molecule has 0 bridgehead atoms. The molecule has 1 aromatic heterocycles. The van der Waals surface area contributed by atoms with Gasteiger partial charge in [-0.15, -0.1) is 0 Å². The molecule has 4 nitrogen and oxygen atoms in total. The van der Waals surface area contributed by atoms with Crippen LogP contribution in [0.5, 0.6) is 0 Å². The maximum atomic E-state index is 12.5. The lowest BCUT2D eigenvalue weighted by atomic mass is 10.2. The van der Waals surface area contributed by atoms with Crippen molar-refractivity contribution in [2.75, 3.05) is 0 Å². The van der Waals surface area contributed by atoms with Crippen LogP contribution in [0.2, 0.25) is 0 Å². The molecule has 0 amide bonds. The number of allylic oxidation sites excluding steroid dienone is 1. The van der Waals surface area contributed by atoms with E-state index in [4.69, 9.17) is 4.42 Å². The predicted octanol–water partition coefficient (Wildman–Crippen LogP) is 4.53. The van der Waals surface area contributed by atoms with Gasteiger partial charge in [0, 0.05) is 15.9 Å². The first-order chi connectivity index (χ1) is 11.0. The van der Waals surface area contributed by atoms with Crippen LogP contribution in [0, 0.1) is 11.3 Å². The van der Waals surface area contributed by atoms with Crippen LogP contribution in [0.15, 0.2) is 73.3 Å². The molecule has 6 heteroatoms. The third-order valence-electron chi connectivity index (χ3n) is 3.24. The van der Waals surface area contributed by atoms with E-state index < -0.39 is 9.84 Å². The quantitative estimate of drug-likeness (QED) is 0.618. The minimum atomic E-state index is -3.88. The normalized spacial score (nSPS) is 12.3. The van der Waals surface area contributed by atoms with E-state index >= 15 is 0 Å². The van der Waals surface area contributed by atoms with Gasteiger partial charge in [0.25, 0.3) is 0 Å². The fraction of sp³-hybridized carbons (Fsp3) is 0. The summed E-state index contributed by atoms with van der Waals surface area (Å²) in [5, 5.41) is 10.1. The fourth-order valence-electron chi connectivity index (χ4n) is 2.11. The van der Waals surface area contributed by atoms with Crippen molar-refractivity contribution in [3.8, 4) is 6.07 Å². The summed E-state index contributed by atoms with van der Waals surface area (Å²) in [6, 6.07) is 16.9.